The molecule has 0 atom stereocenters. The molecule has 8 nitrogen and oxygen atoms in total. The van der Waals surface area contributed by atoms with Crippen LogP contribution in [0.1, 0.15) is 29.9 Å². The van der Waals surface area contributed by atoms with E-state index in [1.54, 1.807) is 9.80 Å². The minimum absolute atomic E-state index is 0.000724. The second-order valence-corrected chi connectivity index (χ2v) is 8.84. The molecule has 2 N–H and O–H groups in total. The Bertz CT molecular complexity index is 916. The normalized spacial score (nSPS) is 20.5. The van der Waals surface area contributed by atoms with E-state index in [1.165, 1.54) is 12.1 Å². The Morgan fingerprint density at radius 3 is 2.42 bits per heavy atom. The number of benzene rings is 1. The van der Waals surface area contributed by atoms with Gasteiger partial charge in [0, 0.05) is 62.3 Å². The molecular weight excluding hydrogens is 420 g/mol. The Kier molecular flexibility index (Phi) is 6.20. The molecule has 2 saturated heterocycles. The lowest BCUT2D eigenvalue weighted by atomic mass is 10.0. The summed E-state index contributed by atoms with van der Waals surface area (Å²) < 4.78 is 0. The average Bonchev–Trinajstić information content (AvgIpc) is 3.57. The lowest BCUT2D eigenvalue weighted by Gasteiger charge is -2.47. The van der Waals surface area contributed by atoms with Crippen molar-refractivity contribution in [1.82, 2.24) is 14.7 Å². The molecule has 4 rings (SSSR count). The zero-order valence-electron chi connectivity index (χ0n) is 17.3. The van der Waals surface area contributed by atoms with Crippen LogP contribution >= 0.6 is 11.6 Å². The van der Waals surface area contributed by atoms with Crippen LogP contribution in [-0.4, -0.2) is 87.8 Å². The number of phenols is 1. The van der Waals surface area contributed by atoms with E-state index in [-0.39, 0.29) is 29.7 Å². The summed E-state index contributed by atoms with van der Waals surface area (Å²) in [6.07, 6.45) is 3.50. The predicted molar refractivity (Wildman–Crippen MR) is 117 cm³/mol. The van der Waals surface area contributed by atoms with Gasteiger partial charge in [-0.3, -0.25) is 14.5 Å². The molecule has 0 bridgehead atoms. The van der Waals surface area contributed by atoms with Gasteiger partial charge in [0.05, 0.1) is 0 Å². The third kappa shape index (κ3) is 4.55. The SMILES string of the molecule is C=CC(=O)N1CC(N2CCN(C(=O)/C(Cc3cc(C4CC4)c(Cl)cc3O)=N\O)CC2)C1. The number of hydrogen-bond donors (Lipinski definition) is 2. The number of nitrogens with zero attached hydrogens (tertiary/aromatic N) is 4. The van der Waals surface area contributed by atoms with E-state index in [0.717, 1.165) is 18.4 Å². The number of carbonyl (C=O) groups is 2. The topological polar surface area (TPSA) is 96.7 Å². The summed E-state index contributed by atoms with van der Waals surface area (Å²) in [4.78, 5) is 30.2. The number of piperazine rings is 1. The molecule has 0 radical (unpaired) electrons. The van der Waals surface area contributed by atoms with Crippen LogP contribution in [0.2, 0.25) is 5.02 Å². The second kappa shape index (κ2) is 8.88. The molecule has 0 spiro atoms. The first-order valence-corrected chi connectivity index (χ1v) is 11.0. The molecule has 1 aromatic carbocycles. The zero-order valence-corrected chi connectivity index (χ0v) is 18.1. The number of carbonyl (C=O) groups excluding carboxylic acids is 2. The molecule has 9 heteroatoms. The molecule has 31 heavy (non-hydrogen) atoms. The number of halogens is 1. The average molecular weight is 447 g/mol. The second-order valence-electron chi connectivity index (χ2n) is 8.43. The fourth-order valence-electron chi connectivity index (χ4n) is 4.28. The van der Waals surface area contributed by atoms with Crippen molar-refractivity contribution in [3.63, 3.8) is 0 Å². The third-order valence-electron chi connectivity index (χ3n) is 6.41. The highest BCUT2D eigenvalue weighted by atomic mass is 35.5. The number of rotatable bonds is 6. The van der Waals surface area contributed by atoms with Gasteiger partial charge in [-0.25, -0.2) is 0 Å². The van der Waals surface area contributed by atoms with Gasteiger partial charge in [-0.2, -0.15) is 0 Å². The number of aromatic hydroxyl groups is 1. The van der Waals surface area contributed by atoms with E-state index in [1.807, 2.05) is 6.07 Å². The number of amides is 2. The Morgan fingerprint density at radius 2 is 1.84 bits per heavy atom. The quantitative estimate of drug-likeness (QED) is 0.301. The van der Waals surface area contributed by atoms with E-state index in [0.29, 0.717) is 61.8 Å². The van der Waals surface area contributed by atoms with Gasteiger partial charge in [0.2, 0.25) is 5.91 Å². The first-order valence-electron chi connectivity index (χ1n) is 10.6. The van der Waals surface area contributed by atoms with E-state index in [2.05, 4.69) is 16.6 Å². The maximum absolute atomic E-state index is 12.9. The van der Waals surface area contributed by atoms with Gasteiger partial charge in [-0.15, -0.1) is 0 Å². The first kappa shape index (κ1) is 21.6. The fourth-order valence-corrected chi connectivity index (χ4v) is 4.59. The van der Waals surface area contributed by atoms with Crippen LogP contribution in [0.4, 0.5) is 0 Å². The van der Waals surface area contributed by atoms with E-state index >= 15 is 0 Å². The van der Waals surface area contributed by atoms with Crippen molar-refractivity contribution in [2.75, 3.05) is 39.3 Å². The Hall–Kier alpha value is -2.58. The molecule has 3 aliphatic rings. The third-order valence-corrected chi connectivity index (χ3v) is 6.73. The van der Waals surface area contributed by atoms with E-state index < -0.39 is 0 Å². The minimum Gasteiger partial charge on any atom is -0.508 e. The summed E-state index contributed by atoms with van der Waals surface area (Å²) in [6, 6.07) is 3.62. The van der Waals surface area contributed by atoms with Crippen LogP contribution in [0.25, 0.3) is 0 Å². The van der Waals surface area contributed by atoms with Gasteiger partial charge in [0.15, 0.2) is 0 Å². The van der Waals surface area contributed by atoms with Crippen molar-refractivity contribution >= 4 is 29.1 Å². The van der Waals surface area contributed by atoms with Crippen molar-refractivity contribution in [2.45, 2.75) is 31.2 Å². The fraction of sp³-hybridized carbons (Fsp3) is 0.500. The van der Waals surface area contributed by atoms with Crippen LogP contribution in [-0.2, 0) is 16.0 Å². The number of phenolic OH excluding ortho intramolecular Hbond substituents is 1. The molecule has 0 unspecified atom stereocenters. The highest BCUT2D eigenvalue weighted by molar-refractivity contribution is 6.39. The largest absolute Gasteiger partial charge is 0.508 e. The van der Waals surface area contributed by atoms with Gasteiger partial charge in [-0.1, -0.05) is 23.3 Å². The summed E-state index contributed by atoms with van der Waals surface area (Å²) in [5.41, 5.74) is 1.50. The summed E-state index contributed by atoms with van der Waals surface area (Å²) in [6.45, 7) is 7.30. The first-order chi connectivity index (χ1) is 14.9. The molecule has 3 fully saturated rings. The summed E-state index contributed by atoms with van der Waals surface area (Å²) in [5.74, 6) is 0.0110. The van der Waals surface area contributed by atoms with Gasteiger partial charge in [-0.05, 0) is 42.5 Å². The van der Waals surface area contributed by atoms with Crippen molar-refractivity contribution in [3.8, 4) is 5.75 Å². The van der Waals surface area contributed by atoms with Gasteiger partial charge in [0.1, 0.15) is 11.5 Å². The van der Waals surface area contributed by atoms with Gasteiger partial charge >= 0.3 is 0 Å². The lowest BCUT2D eigenvalue weighted by molar-refractivity contribution is -0.134. The van der Waals surface area contributed by atoms with Crippen molar-refractivity contribution in [1.29, 1.82) is 0 Å². The maximum atomic E-state index is 12.9. The van der Waals surface area contributed by atoms with Gasteiger partial charge < -0.3 is 20.1 Å². The number of oxime groups is 1. The maximum Gasteiger partial charge on any atom is 0.272 e. The van der Waals surface area contributed by atoms with Crippen LogP contribution in [0.15, 0.2) is 29.9 Å². The van der Waals surface area contributed by atoms with Crippen molar-refractivity contribution in [3.05, 3.63) is 40.9 Å². The highest BCUT2D eigenvalue weighted by Gasteiger charge is 2.36. The summed E-state index contributed by atoms with van der Waals surface area (Å²) in [5, 5.41) is 23.5. The van der Waals surface area contributed by atoms with E-state index in [9.17, 15) is 19.9 Å². The molecule has 1 aromatic rings. The molecule has 166 valence electrons. The molecule has 2 aliphatic heterocycles. The van der Waals surface area contributed by atoms with Crippen molar-refractivity contribution in [2.24, 2.45) is 5.16 Å². The molecule has 2 heterocycles. The molecule has 2 amide bonds. The van der Waals surface area contributed by atoms with Crippen LogP contribution in [0.5, 0.6) is 5.75 Å². The standard InChI is InChI=1S/C22H27ClN4O4/c1-2-21(29)27-12-16(13-27)25-5-7-26(8-6-25)22(30)19(24-31)10-15-9-17(14-3-4-14)18(23)11-20(15)28/h2,9,11,14,16,28,31H,1,3-8,10,12-13H2/b24-19-. The van der Waals surface area contributed by atoms with Crippen LogP contribution < -0.4 is 0 Å². The Balaban J connectivity index is 1.34. The van der Waals surface area contributed by atoms with E-state index in [4.69, 9.17) is 11.6 Å². The minimum atomic E-state index is -0.332. The Morgan fingerprint density at radius 1 is 1.16 bits per heavy atom. The van der Waals surface area contributed by atoms with Gasteiger partial charge in [0.25, 0.3) is 5.91 Å². The highest BCUT2D eigenvalue weighted by Crippen LogP contribution is 2.45. The molecule has 1 saturated carbocycles. The smallest absolute Gasteiger partial charge is 0.272 e. The predicted octanol–water partition coefficient (Wildman–Crippen LogP) is 1.84. The molecule has 0 aromatic heterocycles. The number of hydrogen-bond acceptors (Lipinski definition) is 6. The van der Waals surface area contributed by atoms with Crippen molar-refractivity contribution < 1.29 is 19.9 Å². The molecular formula is C22H27ClN4O4. The summed E-state index contributed by atoms with van der Waals surface area (Å²) in [7, 11) is 0. The van der Waals surface area contributed by atoms with Crippen LogP contribution in [0, 0.1) is 0 Å². The summed E-state index contributed by atoms with van der Waals surface area (Å²) >= 11 is 6.24. The number of likely N-dealkylation sites (tertiary alicyclic amines) is 1. The monoisotopic (exact) mass is 446 g/mol. The lowest BCUT2D eigenvalue weighted by Crippen LogP contribution is -2.64. The Labute approximate surface area is 186 Å². The molecule has 1 aliphatic carbocycles. The van der Waals surface area contributed by atoms with Crippen LogP contribution in [0.3, 0.4) is 0 Å². The zero-order chi connectivity index (χ0) is 22.1.